The molecule has 2 heterocycles. The second-order valence-corrected chi connectivity index (χ2v) is 8.09. The topological polar surface area (TPSA) is 77.3 Å². The highest BCUT2D eigenvalue weighted by Crippen LogP contribution is 2.21. The third-order valence-electron chi connectivity index (χ3n) is 4.12. The number of methoxy groups -OCH3 is 1. The van der Waals surface area contributed by atoms with Gasteiger partial charge in [0.15, 0.2) is 0 Å². The first kappa shape index (κ1) is 17.4. The summed E-state index contributed by atoms with van der Waals surface area (Å²) in [4.78, 5) is 4.30. The van der Waals surface area contributed by atoms with Gasteiger partial charge in [-0.3, -0.25) is 0 Å². The summed E-state index contributed by atoms with van der Waals surface area (Å²) >= 11 is 0. The molecule has 0 saturated carbocycles. The van der Waals surface area contributed by atoms with Crippen molar-refractivity contribution in [3.63, 3.8) is 0 Å². The Labute approximate surface area is 132 Å². The molecule has 1 aliphatic rings. The van der Waals surface area contributed by atoms with E-state index in [0.717, 1.165) is 31.0 Å². The maximum absolute atomic E-state index is 12.4. The van der Waals surface area contributed by atoms with Crippen molar-refractivity contribution in [1.82, 2.24) is 19.1 Å². The molecule has 0 aliphatic carbocycles. The first-order valence-electron chi connectivity index (χ1n) is 7.70. The van der Waals surface area contributed by atoms with Gasteiger partial charge in [0.05, 0.1) is 11.9 Å². The number of piperidine rings is 1. The lowest BCUT2D eigenvalue weighted by molar-refractivity contribution is 0.134. The van der Waals surface area contributed by atoms with Gasteiger partial charge in [0.2, 0.25) is 10.0 Å². The Morgan fingerprint density at radius 3 is 2.73 bits per heavy atom. The van der Waals surface area contributed by atoms with E-state index in [9.17, 15) is 8.42 Å². The molecule has 8 heteroatoms. The molecular weight excluding hydrogens is 304 g/mol. The van der Waals surface area contributed by atoms with E-state index in [0.29, 0.717) is 13.1 Å². The zero-order valence-electron chi connectivity index (χ0n) is 13.8. The second-order valence-electron chi connectivity index (χ2n) is 6.08. The van der Waals surface area contributed by atoms with Gasteiger partial charge in [0, 0.05) is 26.7 Å². The Bertz CT molecular complexity index is 599. The fourth-order valence-corrected chi connectivity index (χ4v) is 4.66. The molecule has 1 aromatic rings. The van der Waals surface area contributed by atoms with Gasteiger partial charge >= 0.3 is 0 Å². The van der Waals surface area contributed by atoms with Crippen LogP contribution in [0.3, 0.4) is 0 Å². The Hall–Kier alpha value is -0.990. The lowest BCUT2D eigenvalue weighted by atomic mass is 10.00. The smallest absolute Gasteiger partial charge is 0.216 e. The minimum absolute atomic E-state index is 0.0394. The monoisotopic (exact) mass is 330 g/mol. The van der Waals surface area contributed by atoms with E-state index in [4.69, 9.17) is 4.74 Å². The minimum atomic E-state index is -3.26. The van der Waals surface area contributed by atoms with Crippen molar-refractivity contribution in [3.05, 3.63) is 11.6 Å². The number of hydrogen-bond acceptors (Lipinski definition) is 5. The SMILES string of the molecule is COC(C)CS(=O)(=O)N1CCCC(Cn2nc(C)nc2C)C1. The van der Waals surface area contributed by atoms with Crippen LogP contribution in [0.15, 0.2) is 0 Å². The Morgan fingerprint density at radius 1 is 1.41 bits per heavy atom. The summed E-state index contributed by atoms with van der Waals surface area (Å²) in [6.07, 6.45) is 1.62. The normalized spacial score (nSPS) is 21.9. The van der Waals surface area contributed by atoms with Gasteiger partial charge in [-0.25, -0.2) is 22.4 Å². The van der Waals surface area contributed by atoms with Crippen LogP contribution in [0.25, 0.3) is 0 Å². The molecule has 0 spiro atoms. The number of hydrogen-bond donors (Lipinski definition) is 0. The largest absolute Gasteiger partial charge is 0.381 e. The molecule has 126 valence electrons. The summed E-state index contributed by atoms with van der Waals surface area (Å²) in [5.41, 5.74) is 0. The van der Waals surface area contributed by atoms with Gasteiger partial charge in [-0.05, 0) is 39.5 Å². The quantitative estimate of drug-likeness (QED) is 0.777. The number of nitrogens with zero attached hydrogens (tertiary/aromatic N) is 4. The molecule has 1 aromatic heterocycles. The van der Waals surface area contributed by atoms with E-state index in [1.54, 1.807) is 11.2 Å². The standard InChI is InChI=1S/C14H26N4O3S/c1-11(21-4)10-22(19,20)17-7-5-6-14(8-17)9-18-13(3)15-12(2)16-18/h11,14H,5-10H2,1-4H3. The molecule has 0 bridgehead atoms. The molecular formula is C14H26N4O3S. The number of ether oxygens (including phenoxy) is 1. The van der Waals surface area contributed by atoms with E-state index in [1.807, 2.05) is 18.5 Å². The first-order chi connectivity index (χ1) is 10.3. The summed E-state index contributed by atoms with van der Waals surface area (Å²) in [5.74, 6) is 1.95. The maximum atomic E-state index is 12.4. The molecule has 1 aliphatic heterocycles. The second kappa shape index (κ2) is 7.06. The van der Waals surface area contributed by atoms with Crippen LogP contribution >= 0.6 is 0 Å². The van der Waals surface area contributed by atoms with Crippen LogP contribution in [0, 0.1) is 19.8 Å². The highest BCUT2D eigenvalue weighted by Gasteiger charge is 2.30. The lowest BCUT2D eigenvalue weighted by Crippen LogP contribution is -2.43. The minimum Gasteiger partial charge on any atom is -0.381 e. The predicted molar refractivity (Wildman–Crippen MR) is 84.1 cm³/mol. The van der Waals surface area contributed by atoms with Gasteiger partial charge in [-0.2, -0.15) is 5.10 Å². The Balaban J connectivity index is 2.01. The third kappa shape index (κ3) is 4.27. The van der Waals surface area contributed by atoms with Crippen molar-refractivity contribution in [1.29, 1.82) is 0 Å². The Kier molecular flexibility index (Phi) is 5.57. The number of sulfonamides is 1. The average Bonchev–Trinajstić information content (AvgIpc) is 2.76. The summed E-state index contributed by atoms with van der Waals surface area (Å²) in [7, 11) is -1.73. The van der Waals surface area contributed by atoms with Crippen molar-refractivity contribution in [2.24, 2.45) is 5.92 Å². The number of rotatable bonds is 6. The van der Waals surface area contributed by atoms with Crippen LogP contribution in [-0.4, -0.2) is 59.5 Å². The maximum Gasteiger partial charge on any atom is 0.216 e. The molecule has 0 N–H and O–H groups in total. The van der Waals surface area contributed by atoms with Crippen LogP contribution in [-0.2, 0) is 21.3 Å². The van der Waals surface area contributed by atoms with E-state index < -0.39 is 10.0 Å². The highest BCUT2D eigenvalue weighted by molar-refractivity contribution is 7.89. The molecule has 0 radical (unpaired) electrons. The molecule has 0 amide bonds. The van der Waals surface area contributed by atoms with Crippen molar-refractivity contribution in [3.8, 4) is 0 Å². The number of aromatic nitrogens is 3. The molecule has 2 atom stereocenters. The van der Waals surface area contributed by atoms with Crippen LogP contribution in [0.1, 0.15) is 31.4 Å². The molecule has 1 fully saturated rings. The average molecular weight is 330 g/mol. The van der Waals surface area contributed by atoms with E-state index in [1.165, 1.54) is 7.11 Å². The molecule has 2 unspecified atom stereocenters. The van der Waals surface area contributed by atoms with Crippen LogP contribution < -0.4 is 0 Å². The summed E-state index contributed by atoms with van der Waals surface area (Å²) < 4.78 is 33.4. The summed E-state index contributed by atoms with van der Waals surface area (Å²) in [5, 5.41) is 4.37. The Morgan fingerprint density at radius 2 is 2.14 bits per heavy atom. The van der Waals surface area contributed by atoms with Gasteiger partial charge in [-0.15, -0.1) is 0 Å². The predicted octanol–water partition coefficient (Wildman–Crippen LogP) is 0.972. The van der Waals surface area contributed by atoms with Crippen molar-refractivity contribution >= 4 is 10.0 Å². The summed E-state index contributed by atoms with van der Waals surface area (Å²) in [6, 6.07) is 0. The highest BCUT2D eigenvalue weighted by atomic mass is 32.2. The fraction of sp³-hybridized carbons (Fsp3) is 0.857. The third-order valence-corrected chi connectivity index (χ3v) is 6.13. The van der Waals surface area contributed by atoms with Crippen LogP contribution in [0.5, 0.6) is 0 Å². The molecule has 1 saturated heterocycles. The first-order valence-corrected chi connectivity index (χ1v) is 9.31. The van der Waals surface area contributed by atoms with Crippen LogP contribution in [0.4, 0.5) is 0 Å². The van der Waals surface area contributed by atoms with E-state index in [-0.39, 0.29) is 17.8 Å². The van der Waals surface area contributed by atoms with E-state index in [2.05, 4.69) is 10.1 Å². The molecule has 2 rings (SSSR count). The fourth-order valence-electron chi connectivity index (χ4n) is 2.88. The van der Waals surface area contributed by atoms with E-state index >= 15 is 0 Å². The van der Waals surface area contributed by atoms with Gasteiger partial charge < -0.3 is 4.74 Å². The molecule has 0 aromatic carbocycles. The molecule has 22 heavy (non-hydrogen) atoms. The van der Waals surface area contributed by atoms with Crippen molar-refractivity contribution in [2.45, 2.75) is 46.3 Å². The van der Waals surface area contributed by atoms with Crippen molar-refractivity contribution in [2.75, 3.05) is 26.0 Å². The zero-order chi connectivity index (χ0) is 16.3. The van der Waals surface area contributed by atoms with Crippen molar-refractivity contribution < 1.29 is 13.2 Å². The number of aryl methyl sites for hydroxylation is 2. The van der Waals surface area contributed by atoms with Gasteiger partial charge in [0.25, 0.3) is 0 Å². The van der Waals surface area contributed by atoms with Gasteiger partial charge in [0.1, 0.15) is 11.6 Å². The van der Waals surface area contributed by atoms with Gasteiger partial charge in [-0.1, -0.05) is 0 Å². The zero-order valence-corrected chi connectivity index (χ0v) is 14.6. The molecule has 7 nitrogen and oxygen atoms in total. The lowest BCUT2D eigenvalue weighted by Gasteiger charge is -2.32. The summed E-state index contributed by atoms with van der Waals surface area (Å²) in [6.45, 7) is 7.45. The van der Waals surface area contributed by atoms with Crippen LogP contribution in [0.2, 0.25) is 0 Å².